The first-order chi connectivity index (χ1) is 8.72. The first-order valence-electron chi connectivity index (χ1n) is 6.02. The fraction of sp³-hybridized carbons (Fsp3) is 0.500. The van der Waals surface area contributed by atoms with Gasteiger partial charge in [0, 0.05) is 13.1 Å². The Balaban J connectivity index is 1.85. The molecule has 0 aromatic carbocycles. The molecule has 0 unspecified atom stereocenters. The van der Waals surface area contributed by atoms with Gasteiger partial charge >= 0.3 is 0 Å². The average molecular weight is 249 g/mol. The standard InChI is InChI=1S/C12H15N3O3/c1-8-6-15(4-5-17-8)10-3-2-9-12(13-10)14-11(16)7-18-9/h2-3,8H,4-7H2,1H3,(H,13,14,16)/t8-/m1/s1. The van der Waals surface area contributed by atoms with E-state index < -0.39 is 0 Å². The molecule has 1 saturated heterocycles. The zero-order valence-electron chi connectivity index (χ0n) is 10.2. The Labute approximate surface area is 105 Å². The number of anilines is 2. The Bertz CT molecular complexity index is 478. The number of fused-ring (bicyclic) bond motifs is 1. The second-order valence-corrected chi connectivity index (χ2v) is 4.48. The molecule has 3 heterocycles. The smallest absolute Gasteiger partial charge is 0.263 e. The van der Waals surface area contributed by atoms with Crippen LogP contribution in [0.4, 0.5) is 11.6 Å². The van der Waals surface area contributed by atoms with Crippen LogP contribution in [0.15, 0.2) is 12.1 Å². The summed E-state index contributed by atoms with van der Waals surface area (Å²) in [4.78, 5) is 17.8. The Morgan fingerprint density at radius 2 is 2.39 bits per heavy atom. The molecule has 1 aromatic heterocycles. The molecule has 1 aromatic rings. The van der Waals surface area contributed by atoms with Gasteiger partial charge in [-0.2, -0.15) is 0 Å². The highest BCUT2D eigenvalue weighted by atomic mass is 16.5. The zero-order valence-corrected chi connectivity index (χ0v) is 10.2. The summed E-state index contributed by atoms with van der Waals surface area (Å²) < 4.78 is 10.8. The van der Waals surface area contributed by atoms with Crippen LogP contribution in [0.5, 0.6) is 5.75 Å². The molecule has 0 radical (unpaired) electrons. The van der Waals surface area contributed by atoms with Gasteiger partial charge in [0.1, 0.15) is 5.82 Å². The van der Waals surface area contributed by atoms with Crippen LogP contribution < -0.4 is 15.0 Å². The number of morpholine rings is 1. The monoisotopic (exact) mass is 249 g/mol. The van der Waals surface area contributed by atoms with Crippen molar-refractivity contribution in [1.29, 1.82) is 0 Å². The van der Waals surface area contributed by atoms with Crippen LogP contribution in [0, 0.1) is 0 Å². The number of rotatable bonds is 1. The van der Waals surface area contributed by atoms with Crippen LogP contribution in [0.3, 0.4) is 0 Å². The van der Waals surface area contributed by atoms with Gasteiger partial charge in [0.2, 0.25) is 0 Å². The molecule has 2 aliphatic heterocycles. The van der Waals surface area contributed by atoms with Gasteiger partial charge < -0.3 is 19.7 Å². The lowest BCUT2D eigenvalue weighted by Gasteiger charge is -2.32. The number of aromatic nitrogens is 1. The predicted molar refractivity (Wildman–Crippen MR) is 66.0 cm³/mol. The zero-order chi connectivity index (χ0) is 12.5. The van der Waals surface area contributed by atoms with Crippen LogP contribution >= 0.6 is 0 Å². The minimum Gasteiger partial charge on any atom is -0.480 e. The van der Waals surface area contributed by atoms with E-state index in [1.165, 1.54) is 0 Å². The van der Waals surface area contributed by atoms with Gasteiger partial charge in [-0.25, -0.2) is 4.98 Å². The lowest BCUT2D eigenvalue weighted by Crippen LogP contribution is -2.41. The molecular formula is C12H15N3O3. The Hall–Kier alpha value is -1.82. The quantitative estimate of drug-likeness (QED) is 0.791. The van der Waals surface area contributed by atoms with Crippen molar-refractivity contribution < 1.29 is 14.3 Å². The van der Waals surface area contributed by atoms with Crippen LogP contribution in [0.1, 0.15) is 6.92 Å². The second-order valence-electron chi connectivity index (χ2n) is 4.48. The number of hydrogen-bond acceptors (Lipinski definition) is 5. The Morgan fingerprint density at radius 3 is 3.22 bits per heavy atom. The van der Waals surface area contributed by atoms with E-state index in [1.54, 1.807) is 0 Å². The van der Waals surface area contributed by atoms with Crippen molar-refractivity contribution in [2.45, 2.75) is 13.0 Å². The average Bonchev–Trinajstić information content (AvgIpc) is 2.38. The fourth-order valence-corrected chi connectivity index (χ4v) is 2.16. The minimum absolute atomic E-state index is 0.0581. The van der Waals surface area contributed by atoms with Crippen LogP contribution in [0.25, 0.3) is 0 Å². The summed E-state index contributed by atoms with van der Waals surface area (Å²) in [6.45, 7) is 4.41. The first-order valence-corrected chi connectivity index (χ1v) is 6.02. The first kappa shape index (κ1) is 11.3. The molecule has 6 nitrogen and oxygen atoms in total. The molecule has 0 spiro atoms. The Morgan fingerprint density at radius 1 is 1.50 bits per heavy atom. The molecular weight excluding hydrogens is 234 g/mol. The molecule has 0 aliphatic carbocycles. The van der Waals surface area contributed by atoms with E-state index in [2.05, 4.69) is 15.2 Å². The van der Waals surface area contributed by atoms with Gasteiger partial charge in [-0.15, -0.1) is 0 Å². The molecule has 6 heteroatoms. The van der Waals surface area contributed by atoms with Crippen LogP contribution in [-0.2, 0) is 9.53 Å². The van der Waals surface area contributed by atoms with Crippen molar-refractivity contribution >= 4 is 17.5 Å². The molecule has 1 atom stereocenters. The molecule has 1 fully saturated rings. The van der Waals surface area contributed by atoms with E-state index in [9.17, 15) is 4.79 Å². The van der Waals surface area contributed by atoms with Gasteiger partial charge in [0.05, 0.1) is 12.7 Å². The van der Waals surface area contributed by atoms with Crippen LogP contribution in [0.2, 0.25) is 0 Å². The van der Waals surface area contributed by atoms with E-state index in [4.69, 9.17) is 9.47 Å². The molecule has 1 amide bonds. The maximum absolute atomic E-state index is 11.3. The molecule has 2 aliphatic rings. The molecule has 96 valence electrons. The van der Waals surface area contributed by atoms with E-state index in [-0.39, 0.29) is 18.6 Å². The lowest BCUT2D eigenvalue weighted by molar-refractivity contribution is -0.118. The molecule has 18 heavy (non-hydrogen) atoms. The van der Waals surface area contributed by atoms with E-state index in [0.29, 0.717) is 18.2 Å². The maximum Gasteiger partial charge on any atom is 0.263 e. The second kappa shape index (κ2) is 4.45. The summed E-state index contributed by atoms with van der Waals surface area (Å²) in [7, 11) is 0. The predicted octanol–water partition coefficient (Wildman–Crippen LogP) is 0.638. The normalized spacial score (nSPS) is 23.1. The summed E-state index contributed by atoms with van der Waals surface area (Å²) in [5.41, 5.74) is 0. The number of nitrogens with zero attached hydrogens (tertiary/aromatic N) is 2. The summed E-state index contributed by atoms with van der Waals surface area (Å²) in [6.07, 6.45) is 0.197. The lowest BCUT2D eigenvalue weighted by atomic mass is 10.3. The highest BCUT2D eigenvalue weighted by Gasteiger charge is 2.22. The third kappa shape index (κ3) is 2.11. The number of ether oxygens (including phenoxy) is 2. The van der Waals surface area contributed by atoms with Crippen molar-refractivity contribution in [3.8, 4) is 5.75 Å². The van der Waals surface area contributed by atoms with E-state index >= 15 is 0 Å². The van der Waals surface area contributed by atoms with Crippen molar-refractivity contribution in [3.63, 3.8) is 0 Å². The number of nitrogens with one attached hydrogen (secondary N) is 1. The number of hydrogen-bond donors (Lipinski definition) is 1. The van der Waals surface area contributed by atoms with Crippen molar-refractivity contribution in [3.05, 3.63) is 12.1 Å². The summed E-state index contributed by atoms with van der Waals surface area (Å²) in [5, 5.41) is 2.72. The molecule has 3 rings (SSSR count). The molecule has 1 N–H and O–H groups in total. The van der Waals surface area contributed by atoms with Gasteiger partial charge in [-0.1, -0.05) is 0 Å². The maximum atomic E-state index is 11.3. The topological polar surface area (TPSA) is 63.7 Å². The number of amides is 1. The minimum atomic E-state index is -0.164. The van der Waals surface area contributed by atoms with Crippen molar-refractivity contribution in [2.24, 2.45) is 0 Å². The summed E-state index contributed by atoms with van der Waals surface area (Å²) in [6, 6.07) is 3.76. The number of carbonyl (C=O) groups is 1. The highest BCUT2D eigenvalue weighted by molar-refractivity contribution is 5.94. The fourth-order valence-electron chi connectivity index (χ4n) is 2.16. The number of carbonyl (C=O) groups excluding carboxylic acids is 1. The van der Waals surface area contributed by atoms with Crippen molar-refractivity contribution in [2.75, 3.05) is 36.5 Å². The van der Waals surface area contributed by atoms with Gasteiger partial charge in [0.25, 0.3) is 5.91 Å². The van der Waals surface area contributed by atoms with Crippen LogP contribution in [-0.4, -0.2) is 43.3 Å². The van der Waals surface area contributed by atoms with Gasteiger partial charge in [-0.05, 0) is 19.1 Å². The van der Waals surface area contributed by atoms with E-state index in [0.717, 1.165) is 18.9 Å². The van der Waals surface area contributed by atoms with Crippen molar-refractivity contribution in [1.82, 2.24) is 4.98 Å². The largest absolute Gasteiger partial charge is 0.480 e. The number of pyridine rings is 1. The highest BCUT2D eigenvalue weighted by Crippen LogP contribution is 2.28. The molecule has 0 saturated carbocycles. The SMILES string of the molecule is C[C@@H]1CN(c2ccc3c(n2)NC(=O)CO3)CCO1. The van der Waals surface area contributed by atoms with E-state index in [1.807, 2.05) is 19.1 Å². The molecule has 0 bridgehead atoms. The van der Waals surface area contributed by atoms with Gasteiger partial charge in [-0.3, -0.25) is 4.79 Å². The summed E-state index contributed by atoms with van der Waals surface area (Å²) in [5.74, 6) is 1.81. The summed E-state index contributed by atoms with van der Waals surface area (Å²) >= 11 is 0. The third-order valence-corrected chi connectivity index (χ3v) is 3.03. The Kier molecular flexibility index (Phi) is 2.79. The van der Waals surface area contributed by atoms with Gasteiger partial charge in [0.15, 0.2) is 18.2 Å². The third-order valence-electron chi connectivity index (χ3n) is 3.03.